The Labute approximate surface area is 173 Å². The first-order valence-electron chi connectivity index (χ1n) is 9.60. The highest BCUT2D eigenvalue weighted by molar-refractivity contribution is 8.00. The molecule has 2 unspecified atom stereocenters. The van der Waals surface area contributed by atoms with Crippen molar-refractivity contribution in [2.45, 2.75) is 48.7 Å². The van der Waals surface area contributed by atoms with E-state index < -0.39 is 15.1 Å². The minimum absolute atomic E-state index is 0.0162. The molecular weight excluding hydrogens is 415 g/mol. The summed E-state index contributed by atoms with van der Waals surface area (Å²) in [5.41, 5.74) is 0.394. The maximum absolute atomic E-state index is 14.3. The number of aromatic nitrogens is 3. The molecule has 1 aliphatic heterocycles. The van der Waals surface area contributed by atoms with Crippen molar-refractivity contribution in [1.82, 2.24) is 19.7 Å². The van der Waals surface area contributed by atoms with Gasteiger partial charge >= 0.3 is 0 Å². The van der Waals surface area contributed by atoms with Gasteiger partial charge in [-0.2, -0.15) is 0 Å². The van der Waals surface area contributed by atoms with Crippen LogP contribution in [0.25, 0.3) is 11.4 Å². The molecule has 0 N–H and O–H groups in total. The first-order valence-corrected chi connectivity index (χ1v) is 12.3. The van der Waals surface area contributed by atoms with Crippen LogP contribution in [-0.4, -0.2) is 63.8 Å². The van der Waals surface area contributed by atoms with E-state index in [1.54, 1.807) is 32.2 Å². The lowest BCUT2D eigenvalue weighted by atomic mass is 10.2. The van der Waals surface area contributed by atoms with E-state index in [2.05, 4.69) is 10.2 Å². The van der Waals surface area contributed by atoms with E-state index in [1.807, 2.05) is 4.57 Å². The van der Waals surface area contributed by atoms with E-state index in [9.17, 15) is 17.6 Å². The summed E-state index contributed by atoms with van der Waals surface area (Å²) in [6.45, 7) is 1.78. The number of amides is 1. The summed E-state index contributed by atoms with van der Waals surface area (Å²) >= 11 is 1.28. The molecule has 1 amide bonds. The molecule has 1 aromatic carbocycles. The molecule has 1 saturated carbocycles. The Kier molecular flexibility index (Phi) is 5.41. The lowest BCUT2D eigenvalue weighted by molar-refractivity contribution is -0.130. The molecule has 1 saturated heterocycles. The average molecular weight is 439 g/mol. The highest BCUT2D eigenvalue weighted by Crippen LogP contribution is 2.42. The third-order valence-corrected chi connectivity index (χ3v) is 8.22. The van der Waals surface area contributed by atoms with E-state index in [0.717, 1.165) is 12.8 Å². The van der Waals surface area contributed by atoms with Crippen molar-refractivity contribution in [2.75, 3.05) is 18.6 Å². The number of halogens is 1. The van der Waals surface area contributed by atoms with Crippen LogP contribution in [0.4, 0.5) is 4.39 Å². The van der Waals surface area contributed by atoms with Crippen LogP contribution in [0.15, 0.2) is 29.4 Å². The van der Waals surface area contributed by atoms with Crippen molar-refractivity contribution in [1.29, 1.82) is 0 Å². The number of nitrogens with zero attached hydrogens (tertiary/aromatic N) is 4. The Hall–Kier alpha value is -1.94. The Morgan fingerprint density at radius 2 is 2.00 bits per heavy atom. The lowest BCUT2D eigenvalue weighted by Gasteiger charge is -2.26. The van der Waals surface area contributed by atoms with Gasteiger partial charge in [-0.15, -0.1) is 10.2 Å². The molecule has 2 aromatic rings. The summed E-state index contributed by atoms with van der Waals surface area (Å²) in [6.07, 6.45) is 2.40. The standard InChI is InChI=1S/C19H23FN4O3S2/c1-12(18(25)23(2)14-9-10-29(26,27)11-14)28-19-22-21-17(24(19)13-7-8-13)15-5-3-4-6-16(15)20/h3-6,12-14H,7-11H2,1-2H3. The molecule has 0 radical (unpaired) electrons. The van der Waals surface area contributed by atoms with Crippen molar-refractivity contribution in [2.24, 2.45) is 0 Å². The molecule has 2 aliphatic rings. The molecule has 2 atom stereocenters. The Morgan fingerprint density at radius 3 is 2.62 bits per heavy atom. The Balaban J connectivity index is 1.54. The van der Waals surface area contributed by atoms with Crippen LogP contribution < -0.4 is 0 Å². The molecule has 7 nitrogen and oxygen atoms in total. The fourth-order valence-electron chi connectivity index (χ4n) is 3.60. The fourth-order valence-corrected chi connectivity index (χ4v) is 6.40. The maximum Gasteiger partial charge on any atom is 0.235 e. The van der Waals surface area contributed by atoms with Crippen LogP contribution in [0.5, 0.6) is 0 Å². The van der Waals surface area contributed by atoms with Crippen LogP contribution in [0.3, 0.4) is 0 Å². The Bertz CT molecular complexity index is 1040. The number of sulfone groups is 1. The number of carbonyl (C=O) groups excluding carboxylic acids is 1. The maximum atomic E-state index is 14.3. The second-order valence-electron chi connectivity index (χ2n) is 7.65. The van der Waals surface area contributed by atoms with E-state index >= 15 is 0 Å². The second-order valence-corrected chi connectivity index (χ2v) is 11.2. The molecule has 1 aliphatic carbocycles. The number of carbonyl (C=O) groups is 1. The summed E-state index contributed by atoms with van der Waals surface area (Å²) in [7, 11) is -1.41. The third-order valence-electron chi connectivity index (χ3n) is 5.43. The molecule has 156 valence electrons. The molecule has 0 bridgehead atoms. The predicted molar refractivity (Wildman–Crippen MR) is 109 cm³/mol. The number of hydrogen-bond acceptors (Lipinski definition) is 6. The highest BCUT2D eigenvalue weighted by atomic mass is 32.2. The van der Waals surface area contributed by atoms with Gasteiger partial charge in [0.25, 0.3) is 0 Å². The second kappa shape index (κ2) is 7.71. The van der Waals surface area contributed by atoms with Gasteiger partial charge in [-0.25, -0.2) is 12.8 Å². The summed E-state index contributed by atoms with van der Waals surface area (Å²) < 4.78 is 39.7. The quantitative estimate of drug-likeness (QED) is 0.645. The Morgan fingerprint density at radius 1 is 1.28 bits per heavy atom. The van der Waals surface area contributed by atoms with Gasteiger partial charge in [0.1, 0.15) is 5.82 Å². The van der Waals surface area contributed by atoms with E-state index in [-0.39, 0.29) is 35.3 Å². The molecule has 29 heavy (non-hydrogen) atoms. The zero-order valence-electron chi connectivity index (χ0n) is 16.3. The van der Waals surface area contributed by atoms with Crippen molar-refractivity contribution < 1.29 is 17.6 Å². The van der Waals surface area contributed by atoms with Gasteiger partial charge in [0.2, 0.25) is 5.91 Å². The molecule has 0 spiro atoms. The van der Waals surface area contributed by atoms with E-state index in [1.165, 1.54) is 22.7 Å². The van der Waals surface area contributed by atoms with Crippen molar-refractivity contribution >= 4 is 27.5 Å². The van der Waals surface area contributed by atoms with Gasteiger partial charge in [0, 0.05) is 19.1 Å². The zero-order valence-corrected chi connectivity index (χ0v) is 17.9. The van der Waals surface area contributed by atoms with Gasteiger partial charge in [-0.05, 0) is 38.3 Å². The largest absolute Gasteiger partial charge is 0.341 e. The smallest absolute Gasteiger partial charge is 0.235 e. The number of thioether (sulfide) groups is 1. The third kappa shape index (κ3) is 4.18. The molecule has 2 heterocycles. The normalized spacial score (nSPS) is 21.8. The minimum Gasteiger partial charge on any atom is -0.341 e. The van der Waals surface area contributed by atoms with Crippen LogP contribution in [0, 0.1) is 5.82 Å². The van der Waals surface area contributed by atoms with Crippen LogP contribution in [0.1, 0.15) is 32.2 Å². The number of rotatable bonds is 6. The SMILES string of the molecule is CC(Sc1nnc(-c2ccccc2F)n1C1CC1)C(=O)N(C)C1CCS(=O)(=O)C1. The van der Waals surface area contributed by atoms with Crippen LogP contribution >= 0.6 is 11.8 Å². The average Bonchev–Trinajstić information content (AvgIpc) is 3.34. The van der Waals surface area contributed by atoms with E-state index in [4.69, 9.17) is 0 Å². The van der Waals surface area contributed by atoms with Crippen LogP contribution in [-0.2, 0) is 14.6 Å². The minimum atomic E-state index is -3.06. The molecular formula is C19H23FN4O3S2. The topological polar surface area (TPSA) is 85.2 Å². The fraction of sp³-hybridized carbons (Fsp3) is 0.526. The van der Waals surface area contributed by atoms with Crippen LogP contribution in [0.2, 0.25) is 0 Å². The van der Waals surface area contributed by atoms with Crippen molar-refractivity contribution in [3.05, 3.63) is 30.1 Å². The molecule has 1 aromatic heterocycles. The summed E-state index contributed by atoms with van der Waals surface area (Å²) in [5, 5.41) is 8.57. The van der Waals surface area contributed by atoms with Gasteiger partial charge in [0.05, 0.1) is 22.3 Å². The number of benzene rings is 1. The summed E-state index contributed by atoms with van der Waals surface area (Å²) in [5.74, 6) is 0.115. The summed E-state index contributed by atoms with van der Waals surface area (Å²) in [6, 6.07) is 6.38. The van der Waals surface area contributed by atoms with Gasteiger partial charge in [-0.1, -0.05) is 23.9 Å². The van der Waals surface area contributed by atoms with E-state index in [0.29, 0.717) is 23.0 Å². The summed E-state index contributed by atoms with van der Waals surface area (Å²) in [4.78, 5) is 14.4. The number of hydrogen-bond donors (Lipinski definition) is 0. The van der Waals surface area contributed by atoms with Gasteiger partial charge < -0.3 is 4.90 Å². The van der Waals surface area contributed by atoms with Gasteiger partial charge in [-0.3, -0.25) is 9.36 Å². The monoisotopic (exact) mass is 438 g/mol. The first kappa shape index (κ1) is 20.3. The lowest BCUT2D eigenvalue weighted by Crippen LogP contribution is -2.41. The van der Waals surface area contributed by atoms with Gasteiger partial charge in [0.15, 0.2) is 20.8 Å². The molecule has 2 fully saturated rings. The molecule has 4 rings (SSSR count). The zero-order chi connectivity index (χ0) is 20.8. The van der Waals surface area contributed by atoms with Crippen molar-refractivity contribution in [3.63, 3.8) is 0 Å². The highest BCUT2D eigenvalue weighted by Gasteiger charge is 2.36. The molecule has 10 heteroatoms. The van der Waals surface area contributed by atoms with Crippen molar-refractivity contribution in [3.8, 4) is 11.4 Å². The predicted octanol–water partition coefficient (Wildman–Crippen LogP) is 2.55. The first-order chi connectivity index (χ1) is 13.8.